The largest absolute Gasteiger partial charge is 0.367 e. The van der Waals surface area contributed by atoms with Crippen LogP contribution in [0.15, 0.2) is 6.07 Å². The summed E-state index contributed by atoms with van der Waals surface area (Å²) in [6, 6.07) is 2.69. The quantitative estimate of drug-likeness (QED) is 0.891. The van der Waals surface area contributed by atoms with E-state index in [1.54, 1.807) is 0 Å². The van der Waals surface area contributed by atoms with E-state index in [0.29, 0.717) is 6.04 Å². The van der Waals surface area contributed by atoms with Gasteiger partial charge in [-0.05, 0) is 38.0 Å². The molecular weight excluding hydrogens is 234 g/mol. The second kappa shape index (κ2) is 6.36. The molecule has 19 heavy (non-hydrogen) atoms. The predicted molar refractivity (Wildman–Crippen MR) is 80.4 cm³/mol. The zero-order chi connectivity index (χ0) is 13.8. The number of aryl methyl sites for hydroxylation is 2. The lowest BCUT2D eigenvalue weighted by molar-refractivity contribution is 0.253. The van der Waals surface area contributed by atoms with Crippen LogP contribution in [0.5, 0.6) is 0 Å². The Bertz CT molecular complexity index is 414. The predicted octanol–water partition coefficient (Wildman–Crippen LogP) is 3.97. The Morgan fingerprint density at radius 1 is 1.26 bits per heavy atom. The highest BCUT2D eigenvalue weighted by Crippen LogP contribution is 2.32. The van der Waals surface area contributed by atoms with Crippen LogP contribution in [0.2, 0.25) is 0 Å². The van der Waals surface area contributed by atoms with E-state index in [0.717, 1.165) is 35.6 Å². The van der Waals surface area contributed by atoms with Crippen molar-refractivity contribution in [2.45, 2.75) is 65.8 Å². The van der Waals surface area contributed by atoms with Gasteiger partial charge >= 0.3 is 0 Å². The smallest absolute Gasteiger partial charge is 0.130 e. The van der Waals surface area contributed by atoms with E-state index in [1.165, 1.54) is 25.7 Å². The highest BCUT2D eigenvalue weighted by Gasteiger charge is 2.27. The molecule has 1 heterocycles. The van der Waals surface area contributed by atoms with E-state index in [4.69, 9.17) is 0 Å². The van der Waals surface area contributed by atoms with Crippen LogP contribution in [0.1, 0.15) is 58.0 Å². The summed E-state index contributed by atoms with van der Waals surface area (Å²) < 4.78 is 0. The number of nitrogens with zero attached hydrogens (tertiary/aromatic N) is 2. The third kappa shape index (κ3) is 3.68. The van der Waals surface area contributed by atoms with Gasteiger partial charge in [0, 0.05) is 17.8 Å². The van der Waals surface area contributed by atoms with Crippen molar-refractivity contribution >= 4 is 5.82 Å². The Morgan fingerprint density at radius 3 is 2.68 bits per heavy atom. The zero-order valence-corrected chi connectivity index (χ0v) is 12.7. The van der Waals surface area contributed by atoms with Crippen LogP contribution < -0.4 is 5.32 Å². The van der Waals surface area contributed by atoms with Gasteiger partial charge in [-0.1, -0.05) is 33.6 Å². The number of hydrogen-bond donors (Lipinski definition) is 1. The summed E-state index contributed by atoms with van der Waals surface area (Å²) >= 11 is 0. The first kappa shape index (κ1) is 14.3. The number of anilines is 1. The lowest BCUT2D eigenvalue weighted by atomic mass is 9.78. The SMILES string of the molecule is CCc1cc(NC2CCCCC2C(C)C)nc(C)n1. The Hall–Kier alpha value is -1.12. The van der Waals surface area contributed by atoms with Crippen molar-refractivity contribution in [1.29, 1.82) is 0 Å². The summed E-state index contributed by atoms with van der Waals surface area (Å²) in [6.45, 7) is 8.80. The van der Waals surface area contributed by atoms with Crippen molar-refractivity contribution < 1.29 is 0 Å². The molecule has 0 amide bonds. The highest BCUT2D eigenvalue weighted by molar-refractivity contribution is 5.37. The molecule has 1 fully saturated rings. The van der Waals surface area contributed by atoms with Crippen molar-refractivity contribution in [3.05, 3.63) is 17.6 Å². The van der Waals surface area contributed by atoms with Crippen molar-refractivity contribution in [3.8, 4) is 0 Å². The van der Waals surface area contributed by atoms with Gasteiger partial charge in [-0.3, -0.25) is 0 Å². The van der Waals surface area contributed by atoms with Crippen molar-refractivity contribution in [1.82, 2.24) is 9.97 Å². The summed E-state index contributed by atoms with van der Waals surface area (Å²) in [7, 11) is 0. The number of aromatic nitrogens is 2. The molecule has 3 nitrogen and oxygen atoms in total. The van der Waals surface area contributed by atoms with E-state index >= 15 is 0 Å². The maximum Gasteiger partial charge on any atom is 0.130 e. The van der Waals surface area contributed by atoms with Crippen molar-refractivity contribution in [2.24, 2.45) is 11.8 Å². The molecule has 2 atom stereocenters. The van der Waals surface area contributed by atoms with Crippen LogP contribution >= 0.6 is 0 Å². The minimum atomic E-state index is 0.577. The minimum Gasteiger partial charge on any atom is -0.367 e. The number of nitrogens with one attached hydrogen (secondary N) is 1. The van der Waals surface area contributed by atoms with Gasteiger partial charge in [0.25, 0.3) is 0 Å². The van der Waals surface area contributed by atoms with Gasteiger partial charge in [0.05, 0.1) is 0 Å². The Balaban J connectivity index is 2.12. The molecular formula is C16H27N3. The molecule has 1 aliphatic rings. The molecule has 1 aromatic rings. The van der Waals surface area contributed by atoms with Gasteiger partial charge in [-0.25, -0.2) is 9.97 Å². The first-order valence-corrected chi connectivity index (χ1v) is 7.71. The molecule has 0 saturated heterocycles. The third-order valence-electron chi connectivity index (χ3n) is 4.26. The molecule has 0 bridgehead atoms. The molecule has 0 aliphatic heterocycles. The standard InChI is InChI=1S/C16H27N3/c1-5-13-10-16(18-12(4)17-13)19-15-9-7-6-8-14(15)11(2)3/h10-11,14-15H,5-9H2,1-4H3,(H,17,18,19). The fraction of sp³-hybridized carbons (Fsp3) is 0.750. The fourth-order valence-corrected chi connectivity index (χ4v) is 3.21. The molecule has 1 saturated carbocycles. The lowest BCUT2D eigenvalue weighted by Crippen LogP contribution is -2.35. The first-order chi connectivity index (χ1) is 9.10. The van der Waals surface area contributed by atoms with Crippen LogP contribution in [0, 0.1) is 18.8 Å². The lowest BCUT2D eigenvalue weighted by Gasteiger charge is -2.35. The molecule has 3 heteroatoms. The molecule has 2 rings (SSSR count). The van der Waals surface area contributed by atoms with Gasteiger partial charge in [0.1, 0.15) is 11.6 Å². The molecule has 106 valence electrons. The Morgan fingerprint density at radius 2 is 2.00 bits per heavy atom. The first-order valence-electron chi connectivity index (χ1n) is 7.71. The average Bonchev–Trinajstić information content (AvgIpc) is 2.38. The molecule has 1 N–H and O–H groups in total. The van der Waals surface area contributed by atoms with Crippen molar-refractivity contribution in [3.63, 3.8) is 0 Å². The maximum atomic E-state index is 4.55. The Labute approximate surface area is 117 Å². The molecule has 1 aliphatic carbocycles. The van der Waals surface area contributed by atoms with E-state index in [2.05, 4.69) is 42.1 Å². The second-order valence-electron chi connectivity index (χ2n) is 6.09. The average molecular weight is 261 g/mol. The molecule has 0 aromatic carbocycles. The van der Waals surface area contributed by atoms with Crippen LogP contribution in [-0.4, -0.2) is 16.0 Å². The van der Waals surface area contributed by atoms with Crippen LogP contribution in [0.3, 0.4) is 0 Å². The van der Waals surface area contributed by atoms with Gasteiger partial charge in [0.15, 0.2) is 0 Å². The van der Waals surface area contributed by atoms with Crippen LogP contribution in [0.25, 0.3) is 0 Å². The van der Waals surface area contributed by atoms with E-state index in [1.807, 2.05) is 6.92 Å². The topological polar surface area (TPSA) is 37.8 Å². The monoisotopic (exact) mass is 261 g/mol. The van der Waals surface area contributed by atoms with Crippen LogP contribution in [-0.2, 0) is 6.42 Å². The van der Waals surface area contributed by atoms with Gasteiger partial charge in [-0.2, -0.15) is 0 Å². The van der Waals surface area contributed by atoms with E-state index < -0.39 is 0 Å². The fourth-order valence-electron chi connectivity index (χ4n) is 3.21. The molecule has 1 aromatic heterocycles. The summed E-state index contributed by atoms with van der Waals surface area (Å²) in [6.07, 6.45) is 6.30. The van der Waals surface area contributed by atoms with Crippen LogP contribution in [0.4, 0.5) is 5.82 Å². The third-order valence-corrected chi connectivity index (χ3v) is 4.26. The van der Waals surface area contributed by atoms with Gasteiger partial charge in [0.2, 0.25) is 0 Å². The molecule has 2 unspecified atom stereocenters. The van der Waals surface area contributed by atoms with E-state index in [9.17, 15) is 0 Å². The minimum absolute atomic E-state index is 0.577. The second-order valence-corrected chi connectivity index (χ2v) is 6.09. The maximum absolute atomic E-state index is 4.55. The normalized spacial score (nSPS) is 23.6. The summed E-state index contributed by atoms with van der Waals surface area (Å²) in [4.78, 5) is 9.00. The highest BCUT2D eigenvalue weighted by atomic mass is 15.1. The summed E-state index contributed by atoms with van der Waals surface area (Å²) in [5, 5.41) is 3.68. The molecule has 0 spiro atoms. The summed E-state index contributed by atoms with van der Waals surface area (Å²) in [5.74, 6) is 3.40. The van der Waals surface area contributed by atoms with Gasteiger partial charge in [-0.15, -0.1) is 0 Å². The van der Waals surface area contributed by atoms with Crippen molar-refractivity contribution in [2.75, 3.05) is 5.32 Å². The van der Waals surface area contributed by atoms with Gasteiger partial charge < -0.3 is 5.32 Å². The number of rotatable bonds is 4. The summed E-state index contributed by atoms with van der Waals surface area (Å²) in [5.41, 5.74) is 1.13. The molecule has 0 radical (unpaired) electrons. The van der Waals surface area contributed by atoms with E-state index in [-0.39, 0.29) is 0 Å². The number of hydrogen-bond acceptors (Lipinski definition) is 3. The Kier molecular flexibility index (Phi) is 4.78. The zero-order valence-electron chi connectivity index (χ0n) is 12.7.